The molecular formula is C17H20N2. The van der Waals surface area contributed by atoms with Crippen LogP contribution in [0.2, 0.25) is 0 Å². The molecule has 2 nitrogen and oxygen atoms in total. The van der Waals surface area contributed by atoms with Crippen molar-refractivity contribution in [3.63, 3.8) is 0 Å². The standard InChI is InChI=1S/C17H20N2/c1-2-5-14(6-3-1)13-19-16-10-8-15(9-11-16)17-7-4-12-18-17/h1-3,5-6,8-11,17-19H,4,7,12-13H2/t17-/m1/s1. The fourth-order valence-electron chi connectivity index (χ4n) is 2.60. The molecule has 2 aromatic rings. The molecule has 1 heterocycles. The Balaban J connectivity index is 1.60. The SMILES string of the molecule is c1ccc(CNc2ccc([C@H]3CCCN3)cc2)cc1. The summed E-state index contributed by atoms with van der Waals surface area (Å²) < 4.78 is 0. The quantitative estimate of drug-likeness (QED) is 0.866. The van der Waals surface area contributed by atoms with Gasteiger partial charge in [0, 0.05) is 18.3 Å². The molecule has 1 saturated heterocycles. The van der Waals surface area contributed by atoms with Crippen LogP contribution in [-0.4, -0.2) is 6.54 Å². The Bertz CT molecular complexity index is 499. The molecule has 1 fully saturated rings. The van der Waals surface area contributed by atoms with E-state index in [1.165, 1.54) is 29.7 Å². The van der Waals surface area contributed by atoms with Crippen LogP contribution >= 0.6 is 0 Å². The van der Waals surface area contributed by atoms with Crippen molar-refractivity contribution in [1.82, 2.24) is 5.32 Å². The highest BCUT2D eigenvalue weighted by molar-refractivity contribution is 5.45. The largest absolute Gasteiger partial charge is 0.381 e. The number of rotatable bonds is 4. The van der Waals surface area contributed by atoms with Crippen molar-refractivity contribution in [2.75, 3.05) is 11.9 Å². The number of hydrogen-bond acceptors (Lipinski definition) is 2. The monoisotopic (exact) mass is 252 g/mol. The second-order valence-electron chi connectivity index (χ2n) is 5.11. The Morgan fingerprint density at radius 2 is 1.79 bits per heavy atom. The molecule has 0 bridgehead atoms. The van der Waals surface area contributed by atoms with Crippen LogP contribution in [0.3, 0.4) is 0 Å². The highest BCUT2D eigenvalue weighted by atomic mass is 14.9. The van der Waals surface area contributed by atoms with Gasteiger partial charge in [0.25, 0.3) is 0 Å². The first kappa shape index (κ1) is 12.2. The Labute approximate surface area is 114 Å². The smallest absolute Gasteiger partial charge is 0.0400 e. The van der Waals surface area contributed by atoms with Crippen molar-refractivity contribution in [2.45, 2.75) is 25.4 Å². The lowest BCUT2D eigenvalue weighted by Gasteiger charge is -2.12. The van der Waals surface area contributed by atoms with Crippen LogP contribution in [0.15, 0.2) is 54.6 Å². The van der Waals surface area contributed by atoms with Crippen LogP contribution in [0.4, 0.5) is 5.69 Å². The summed E-state index contributed by atoms with van der Waals surface area (Å²) in [5.74, 6) is 0. The number of nitrogens with one attached hydrogen (secondary N) is 2. The molecule has 0 spiro atoms. The van der Waals surface area contributed by atoms with E-state index in [2.05, 4.69) is 59.2 Å². The van der Waals surface area contributed by atoms with E-state index in [0.29, 0.717) is 6.04 Å². The Kier molecular flexibility index (Phi) is 3.80. The average Bonchev–Trinajstić information content (AvgIpc) is 3.01. The molecule has 2 aromatic carbocycles. The lowest BCUT2D eigenvalue weighted by atomic mass is 10.1. The summed E-state index contributed by atoms with van der Waals surface area (Å²) in [6.45, 7) is 2.03. The van der Waals surface area contributed by atoms with Crippen molar-refractivity contribution >= 4 is 5.69 Å². The molecule has 19 heavy (non-hydrogen) atoms. The predicted molar refractivity (Wildman–Crippen MR) is 80.2 cm³/mol. The van der Waals surface area contributed by atoms with Gasteiger partial charge < -0.3 is 10.6 Å². The summed E-state index contributed by atoms with van der Waals surface area (Å²) >= 11 is 0. The zero-order valence-corrected chi connectivity index (χ0v) is 11.1. The van der Waals surface area contributed by atoms with E-state index in [1.54, 1.807) is 0 Å². The van der Waals surface area contributed by atoms with Crippen LogP contribution in [0, 0.1) is 0 Å². The molecule has 1 aliphatic heterocycles. The Morgan fingerprint density at radius 3 is 2.47 bits per heavy atom. The normalized spacial score (nSPS) is 18.4. The third-order valence-electron chi connectivity index (χ3n) is 3.71. The fraction of sp³-hybridized carbons (Fsp3) is 0.294. The molecule has 0 amide bonds. The van der Waals surface area contributed by atoms with E-state index in [-0.39, 0.29) is 0 Å². The summed E-state index contributed by atoms with van der Waals surface area (Å²) in [4.78, 5) is 0. The highest BCUT2D eigenvalue weighted by Crippen LogP contribution is 2.24. The lowest BCUT2D eigenvalue weighted by Crippen LogP contribution is -2.12. The molecule has 0 saturated carbocycles. The van der Waals surface area contributed by atoms with Gasteiger partial charge in [0.05, 0.1) is 0 Å². The highest BCUT2D eigenvalue weighted by Gasteiger charge is 2.15. The summed E-state index contributed by atoms with van der Waals surface area (Å²) in [6.07, 6.45) is 2.55. The maximum Gasteiger partial charge on any atom is 0.0400 e. The minimum Gasteiger partial charge on any atom is -0.381 e. The molecular weight excluding hydrogens is 232 g/mol. The molecule has 3 rings (SSSR count). The van der Waals surface area contributed by atoms with E-state index in [9.17, 15) is 0 Å². The summed E-state index contributed by atoms with van der Waals surface area (Å²) in [7, 11) is 0. The number of benzene rings is 2. The van der Waals surface area contributed by atoms with E-state index in [0.717, 1.165) is 13.1 Å². The second kappa shape index (κ2) is 5.89. The van der Waals surface area contributed by atoms with E-state index >= 15 is 0 Å². The Hall–Kier alpha value is -1.80. The molecule has 0 unspecified atom stereocenters. The third kappa shape index (κ3) is 3.15. The molecule has 2 N–H and O–H groups in total. The van der Waals surface area contributed by atoms with Gasteiger partial charge in [-0.3, -0.25) is 0 Å². The molecule has 1 atom stereocenters. The lowest BCUT2D eigenvalue weighted by molar-refractivity contribution is 0.648. The van der Waals surface area contributed by atoms with E-state index in [1.807, 2.05) is 6.07 Å². The number of hydrogen-bond donors (Lipinski definition) is 2. The minimum atomic E-state index is 0.558. The van der Waals surface area contributed by atoms with Crippen molar-refractivity contribution in [3.05, 3.63) is 65.7 Å². The van der Waals surface area contributed by atoms with Gasteiger partial charge in [-0.05, 0) is 42.6 Å². The van der Waals surface area contributed by atoms with Gasteiger partial charge in [0.1, 0.15) is 0 Å². The van der Waals surface area contributed by atoms with Crippen molar-refractivity contribution in [2.24, 2.45) is 0 Å². The van der Waals surface area contributed by atoms with Gasteiger partial charge in [-0.15, -0.1) is 0 Å². The van der Waals surface area contributed by atoms with Crippen molar-refractivity contribution in [3.8, 4) is 0 Å². The van der Waals surface area contributed by atoms with Gasteiger partial charge in [-0.25, -0.2) is 0 Å². The minimum absolute atomic E-state index is 0.558. The van der Waals surface area contributed by atoms with Gasteiger partial charge in [0.15, 0.2) is 0 Å². The second-order valence-corrected chi connectivity index (χ2v) is 5.11. The zero-order valence-electron chi connectivity index (χ0n) is 11.1. The average molecular weight is 252 g/mol. The van der Waals surface area contributed by atoms with Gasteiger partial charge in [0.2, 0.25) is 0 Å². The van der Waals surface area contributed by atoms with Gasteiger partial charge in [-0.2, -0.15) is 0 Å². The third-order valence-corrected chi connectivity index (χ3v) is 3.71. The van der Waals surface area contributed by atoms with Gasteiger partial charge >= 0.3 is 0 Å². The van der Waals surface area contributed by atoms with E-state index < -0.39 is 0 Å². The van der Waals surface area contributed by atoms with E-state index in [4.69, 9.17) is 0 Å². The van der Waals surface area contributed by atoms with Crippen LogP contribution < -0.4 is 10.6 Å². The molecule has 2 heteroatoms. The predicted octanol–water partition coefficient (Wildman–Crippen LogP) is 3.72. The molecule has 1 aliphatic rings. The number of anilines is 1. The van der Waals surface area contributed by atoms with Crippen LogP contribution in [-0.2, 0) is 6.54 Å². The van der Waals surface area contributed by atoms with Crippen molar-refractivity contribution < 1.29 is 0 Å². The van der Waals surface area contributed by atoms with Crippen LogP contribution in [0.25, 0.3) is 0 Å². The first-order chi connectivity index (χ1) is 9.42. The maximum absolute atomic E-state index is 3.53. The van der Waals surface area contributed by atoms with Crippen LogP contribution in [0.1, 0.15) is 30.0 Å². The van der Waals surface area contributed by atoms with Gasteiger partial charge in [-0.1, -0.05) is 42.5 Å². The topological polar surface area (TPSA) is 24.1 Å². The first-order valence-corrected chi connectivity index (χ1v) is 7.03. The first-order valence-electron chi connectivity index (χ1n) is 7.03. The molecule has 0 aliphatic carbocycles. The maximum atomic E-state index is 3.53. The summed E-state index contributed by atoms with van der Waals surface area (Å²) in [5.41, 5.74) is 3.90. The van der Waals surface area contributed by atoms with Crippen molar-refractivity contribution in [1.29, 1.82) is 0 Å². The Morgan fingerprint density at radius 1 is 1.00 bits per heavy atom. The molecule has 0 aromatic heterocycles. The summed E-state index contributed by atoms with van der Waals surface area (Å²) in [6, 6.07) is 19.9. The van der Waals surface area contributed by atoms with Crippen LogP contribution in [0.5, 0.6) is 0 Å². The summed E-state index contributed by atoms with van der Waals surface area (Å²) in [5, 5.41) is 6.99. The molecule has 98 valence electrons. The zero-order chi connectivity index (χ0) is 12.9. The molecule has 0 radical (unpaired) electrons. The fourth-order valence-corrected chi connectivity index (χ4v) is 2.60.